The number of ether oxygens (including phenoxy) is 1. The Labute approximate surface area is 186 Å². The van der Waals surface area contributed by atoms with Crippen molar-refractivity contribution in [1.29, 1.82) is 0 Å². The summed E-state index contributed by atoms with van der Waals surface area (Å²) in [6.07, 6.45) is 0.385. The van der Waals surface area contributed by atoms with E-state index in [1.165, 1.54) is 12.1 Å². The number of hydrogen-bond donors (Lipinski definition) is 3. The van der Waals surface area contributed by atoms with Crippen LogP contribution in [0, 0.1) is 5.92 Å². The van der Waals surface area contributed by atoms with E-state index in [-0.39, 0.29) is 38.6 Å². The number of carboxylic acid groups (broad SMARTS) is 2. The van der Waals surface area contributed by atoms with Crippen LogP contribution in [-0.4, -0.2) is 58.0 Å². The van der Waals surface area contributed by atoms with E-state index in [0.29, 0.717) is 6.42 Å². The van der Waals surface area contributed by atoms with Gasteiger partial charge in [0.1, 0.15) is 16.8 Å². The van der Waals surface area contributed by atoms with Gasteiger partial charge in [0.15, 0.2) is 12.4 Å². The molecule has 0 bridgehead atoms. The second-order valence-corrected chi connectivity index (χ2v) is 7.62. The average Bonchev–Trinajstić information content (AvgIpc) is 2.69. The van der Waals surface area contributed by atoms with E-state index in [1.807, 2.05) is 5.32 Å². The zero-order valence-corrected chi connectivity index (χ0v) is 17.6. The predicted octanol–water partition coefficient (Wildman–Crippen LogP) is 2.99. The third kappa shape index (κ3) is 7.75. The molecule has 0 spiro atoms. The summed E-state index contributed by atoms with van der Waals surface area (Å²) in [4.78, 5) is 46.4. The Kier molecular flexibility index (Phi) is 8.33. The van der Waals surface area contributed by atoms with Gasteiger partial charge in [-0.15, -0.1) is 0 Å². The van der Waals surface area contributed by atoms with Gasteiger partial charge in [0.2, 0.25) is 5.91 Å². The van der Waals surface area contributed by atoms with E-state index in [4.69, 9.17) is 37.2 Å². The normalized spacial score (nSPS) is 14.7. The molecule has 3 N–H and O–H groups in total. The van der Waals surface area contributed by atoms with Crippen molar-refractivity contribution >= 4 is 58.6 Å². The number of amides is 1. The summed E-state index contributed by atoms with van der Waals surface area (Å²) in [7, 11) is 0. The highest BCUT2D eigenvalue weighted by atomic mass is 35.5. The molecule has 29 heavy (non-hydrogen) atoms. The molecule has 0 aliphatic rings. The van der Waals surface area contributed by atoms with Gasteiger partial charge in [-0.25, -0.2) is 9.59 Å². The molecule has 0 saturated carbocycles. The molecule has 160 valence electrons. The molecule has 1 unspecified atom stereocenters. The molecule has 1 aromatic rings. The molecular formula is C18H21Cl2NO7S. The van der Waals surface area contributed by atoms with Gasteiger partial charge in [-0.1, -0.05) is 30.1 Å². The minimum Gasteiger partial charge on any atom is -0.480 e. The highest BCUT2D eigenvalue weighted by molar-refractivity contribution is 7.99. The molecule has 0 fully saturated rings. The molecular weight excluding hydrogens is 445 g/mol. The average molecular weight is 469 g/mol. The van der Waals surface area contributed by atoms with Gasteiger partial charge < -0.3 is 20.3 Å². The third-order valence-corrected chi connectivity index (χ3v) is 5.81. The van der Waals surface area contributed by atoms with Gasteiger partial charge in [-0.05, 0) is 18.6 Å². The predicted molar refractivity (Wildman–Crippen MR) is 110 cm³/mol. The standard InChI is InChI=1S/C18H21Cl2NO7S/c1-3-10(7-29-8-12(18(26)27)21-9(2)22)17(25)11-4-5-13(16(20)15(11)19)28-6-14(23)24/h4-5,10,12H,3,6-8H2,1-2H3,(H,21,22)(H,23,24)(H,26,27)/t10?,12-/m0/s1/i2D3. The van der Waals surface area contributed by atoms with Crippen LogP contribution in [0.25, 0.3) is 0 Å². The molecule has 0 saturated heterocycles. The number of aliphatic carboxylic acids is 2. The van der Waals surface area contributed by atoms with Crippen LogP contribution in [0.5, 0.6) is 5.75 Å². The van der Waals surface area contributed by atoms with Crippen LogP contribution in [0.2, 0.25) is 10.0 Å². The molecule has 1 aromatic carbocycles. The largest absolute Gasteiger partial charge is 0.480 e. The summed E-state index contributed by atoms with van der Waals surface area (Å²) < 4.78 is 26.1. The van der Waals surface area contributed by atoms with Crippen molar-refractivity contribution in [1.82, 2.24) is 5.32 Å². The third-order valence-electron chi connectivity index (χ3n) is 3.73. The molecule has 0 radical (unpaired) electrons. The zero-order valence-electron chi connectivity index (χ0n) is 18.2. The number of carbonyl (C=O) groups excluding carboxylic acids is 2. The number of carbonyl (C=O) groups is 4. The van der Waals surface area contributed by atoms with E-state index < -0.39 is 43.3 Å². The van der Waals surface area contributed by atoms with Crippen LogP contribution in [0.15, 0.2) is 12.1 Å². The van der Waals surface area contributed by atoms with E-state index in [1.54, 1.807) is 6.92 Å². The lowest BCUT2D eigenvalue weighted by Crippen LogP contribution is -2.41. The summed E-state index contributed by atoms with van der Waals surface area (Å²) in [6.45, 7) is -1.87. The van der Waals surface area contributed by atoms with E-state index >= 15 is 0 Å². The van der Waals surface area contributed by atoms with Gasteiger partial charge in [0.25, 0.3) is 0 Å². The van der Waals surface area contributed by atoms with Crippen molar-refractivity contribution in [3.8, 4) is 5.75 Å². The van der Waals surface area contributed by atoms with Gasteiger partial charge in [0, 0.05) is 34.0 Å². The molecule has 0 aromatic heterocycles. The first kappa shape index (κ1) is 20.3. The first-order valence-electron chi connectivity index (χ1n) is 9.77. The van der Waals surface area contributed by atoms with Gasteiger partial charge in [0.05, 0.1) is 5.02 Å². The van der Waals surface area contributed by atoms with Gasteiger partial charge in [-0.3, -0.25) is 9.59 Å². The minimum absolute atomic E-state index is 0.00679. The maximum atomic E-state index is 12.9. The number of nitrogens with one attached hydrogen (secondary N) is 1. The van der Waals surface area contributed by atoms with Gasteiger partial charge >= 0.3 is 11.9 Å². The summed E-state index contributed by atoms with van der Waals surface area (Å²) in [5.41, 5.74) is 0.0947. The smallest absolute Gasteiger partial charge is 0.341 e. The fourth-order valence-corrected chi connectivity index (χ4v) is 3.97. The van der Waals surface area contributed by atoms with E-state index in [2.05, 4.69) is 0 Å². The van der Waals surface area contributed by atoms with Crippen molar-refractivity contribution in [3.63, 3.8) is 0 Å². The number of hydrogen-bond acceptors (Lipinski definition) is 6. The van der Waals surface area contributed by atoms with Crippen LogP contribution in [0.1, 0.15) is 34.7 Å². The Bertz CT molecular complexity index is 883. The molecule has 8 nitrogen and oxygen atoms in total. The maximum absolute atomic E-state index is 12.9. The topological polar surface area (TPSA) is 130 Å². The van der Waals surface area contributed by atoms with Crippen molar-refractivity contribution in [2.24, 2.45) is 5.92 Å². The van der Waals surface area contributed by atoms with Crippen molar-refractivity contribution < 1.29 is 38.2 Å². The monoisotopic (exact) mass is 468 g/mol. The summed E-state index contributed by atoms with van der Waals surface area (Å²) in [5.74, 6) is -4.91. The summed E-state index contributed by atoms with van der Waals surface area (Å²) >= 11 is 13.3. The second kappa shape index (κ2) is 11.9. The lowest BCUT2D eigenvalue weighted by Gasteiger charge is -2.18. The summed E-state index contributed by atoms with van der Waals surface area (Å²) in [5, 5.41) is 19.6. The number of Topliss-reactive ketones (excluding diaryl/α,β-unsaturated/α-hetero) is 1. The van der Waals surface area contributed by atoms with Crippen molar-refractivity contribution in [3.05, 3.63) is 27.7 Å². The van der Waals surface area contributed by atoms with Crippen LogP contribution in [-0.2, 0) is 14.4 Å². The SMILES string of the molecule is [2H]C([2H])([2H])C(=O)N[C@@H](CSCC(CC)C(=O)c1ccc(OCC(=O)O)c(Cl)c1Cl)C(=O)O. The number of carboxylic acids is 2. The lowest BCUT2D eigenvalue weighted by atomic mass is 9.97. The lowest BCUT2D eigenvalue weighted by molar-refractivity contribution is -0.141. The van der Waals surface area contributed by atoms with Crippen molar-refractivity contribution in [2.45, 2.75) is 26.2 Å². The first-order valence-corrected chi connectivity index (χ1v) is 10.2. The number of rotatable bonds is 12. The molecule has 0 aliphatic carbocycles. The number of halogens is 2. The number of thioether (sulfide) groups is 1. The zero-order chi connectivity index (χ0) is 24.6. The molecule has 11 heteroatoms. The highest BCUT2D eigenvalue weighted by Crippen LogP contribution is 2.36. The minimum atomic E-state index is -2.98. The fraction of sp³-hybridized carbons (Fsp3) is 0.444. The van der Waals surface area contributed by atoms with Crippen LogP contribution in [0.4, 0.5) is 0 Å². The Morgan fingerprint density at radius 2 is 1.90 bits per heavy atom. The van der Waals surface area contributed by atoms with Crippen molar-refractivity contribution in [2.75, 3.05) is 18.1 Å². The Morgan fingerprint density at radius 1 is 1.21 bits per heavy atom. The highest BCUT2D eigenvalue weighted by Gasteiger charge is 2.25. The molecule has 2 atom stereocenters. The molecule has 1 rings (SSSR count). The molecule has 0 heterocycles. The first-order chi connectivity index (χ1) is 14.8. The summed E-state index contributed by atoms with van der Waals surface area (Å²) in [6, 6.07) is 1.25. The second-order valence-electron chi connectivity index (χ2n) is 5.79. The quantitative estimate of drug-likeness (QED) is 0.399. The molecule has 0 aliphatic heterocycles. The Morgan fingerprint density at radius 3 is 2.45 bits per heavy atom. The fourth-order valence-electron chi connectivity index (χ4n) is 2.23. The van der Waals surface area contributed by atoms with E-state index in [9.17, 15) is 24.3 Å². The van der Waals surface area contributed by atoms with Gasteiger partial charge in [-0.2, -0.15) is 11.8 Å². The Balaban J connectivity index is 2.84. The maximum Gasteiger partial charge on any atom is 0.341 e. The van der Waals surface area contributed by atoms with Crippen LogP contribution < -0.4 is 10.1 Å². The molecule has 1 amide bonds. The van der Waals surface area contributed by atoms with Crippen LogP contribution >= 0.6 is 35.0 Å². The Hall–Kier alpha value is -1.97. The van der Waals surface area contributed by atoms with E-state index in [0.717, 1.165) is 11.8 Å². The number of benzene rings is 1. The van der Waals surface area contributed by atoms with Crippen LogP contribution in [0.3, 0.4) is 0 Å². The number of ketones is 1.